The molecular weight excluding hydrogens is 617 g/mol. The van der Waals surface area contributed by atoms with E-state index < -0.39 is 0 Å². The van der Waals surface area contributed by atoms with Crippen molar-refractivity contribution >= 4 is 72.2 Å². The van der Waals surface area contributed by atoms with E-state index in [-0.39, 0.29) is 0 Å². The van der Waals surface area contributed by atoms with E-state index in [4.69, 9.17) is 14.7 Å². The van der Waals surface area contributed by atoms with Crippen LogP contribution in [0.15, 0.2) is 36.8 Å². The average Bonchev–Trinajstić information content (AvgIpc) is 3.09. The minimum atomic E-state index is 0.442. The van der Waals surface area contributed by atoms with Crippen LogP contribution in [-0.2, 0) is 6.42 Å². The molecule has 2 aliphatic rings. The van der Waals surface area contributed by atoms with E-state index in [9.17, 15) is 0 Å². The normalized spacial score (nSPS) is 16.5. The Morgan fingerprint density at radius 2 is 1.76 bits per heavy atom. The molecule has 1 atom stereocenters. The number of nitrogens with zero attached hydrogens (tertiary/aromatic N) is 9. The van der Waals surface area contributed by atoms with Gasteiger partial charge in [-0.2, -0.15) is 9.97 Å². The number of likely N-dealkylation sites (N-methyl/N-ethyl adjacent to an activating group) is 1. The van der Waals surface area contributed by atoms with Crippen molar-refractivity contribution in [2.45, 2.75) is 32.2 Å². The Morgan fingerprint density at radius 3 is 2.48 bits per heavy atom. The van der Waals surface area contributed by atoms with Crippen LogP contribution in [0.2, 0.25) is 0 Å². The van der Waals surface area contributed by atoms with Gasteiger partial charge in [-0.3, -0.25) is 14.9 Å². The van der Waals surface area contributed by atoms with Crippen molar-refractivity contribution in [3.63, 3.8) is 0 Å². The van der Waals surface area contributed by atoms with Crippen molar-refractivity contribution in [2.75, 3.05) is 86.6 Å². The number of hydrogen-bond donors (Lipinski definition) is 2. The molecule has 0 saturated carbocycles. The summed E-state index contributed by atoms with van der Waals surface area (Å²) in [6.07, 6.45) is 10.4. The molecule has 2 saturated heterocycles. The molecule has 0 aliphatic carbocycles. The fourth-order valence-electron chi connectivity index (χ4n) is 6.27. The van der Waals surface area contributed by atoms with E-state index in [1.54, 1.807) is 37.6 Å². The summed E-state index contributed by atoms with van der Waals surface area (Å²) in [5.41, 5.74) is 5.35. The fraction of sp³-hybridized carbons (Fsp3) is 0.469. The van der Waals surface area contributed by atoms with E-state index in [1.807, 2.05) is 25.4 Å². The molecule has 0 amide bonds. The summed E-state index contributed by atoms with van der Waals surface area (Å²) in [7, 11) is 8.61. The molecule has 3 aromatic heterocycles. The zero-order valence-electron chi connectivity index (χ0n) is 27.3. The lowest BCUT2D eigenvalue weighted by molar-refractivity contribution is 0.0981. The van der Waals surface area contributed by atoms with Crippen LogP contribution in [0.3, 0.4) is 0 Å². The van der Waals surface area contributed by atoms with Gasteiger partial charge in [0.2, 0.25) is 11.8 Å². The lowest BCUT2D eigenvalue weighted by Crippen LogP contribution is -2.52. The van der Waals surface area contributed by atoms with Crippen LogP contribution < -0.4 is 29.9 Å². The number of fused-ring (bicyclic) bond motifs is 1. The van der Waals surface area contributed by atoms with Gasteiger partial charge in [-0.05, 0) is 50.1 Å². The molecule has 46 heavy (non-hydrogen) atoms. The summed E-state index contributed by atoms with van der Waals surface area (Å²) in [6, 6.07) is 6.75. The Labute approximate surface area is 278 Å². The third kappa shape index (κ3) is 6.92. The SMILES string of the molecule is CCc1cc(Nc2ncc(P)c(Nc3ccc4nccnc4c3N(C)SC)n2)c(OC)nc1N1CCC(N2CCN(C)CC2)CC1. The van der Waals surface area contributed by atoms with Crippen LogP contribution in [0.4, 0.5) is 34.6 Å². The lowest BCUT2D eigenvalue weighted by Gasteiger charge is -2.42. The van der Waals surface area contributed by atoms with E-state index >= 15 is 0 Å². The Morgan fingerprint density at radius 1 is 1.00 bits per heavy atom. The second kappa shape index (κ2) is 14.5. The number of benzene rings is 1. The molecule has 2 N–H and O–H groups in total. The predicted octanol–water partition coefficient (Wildman–Crippen LogP) is 4.30. The summed E-state index contributed by atoms with van der Waals surface area (Å²) in [6.45, 7) is 8.80. The second-order valence-electron chi connectivity index (χ2n) is 11.8. The number of piperazine rings is 1. The van der Waals surface area contributed by atoms with Crippen molar-refractivity contribution in [1.29, 1.82) is 0 Å². The summed E-state index contributed by atoms with van der Waals surface area (Å²) in [5.74, 6) is 2.63. The van der Waals surface area contributed by atoms with Crippen molar-refractivity contribution in [2.24, 2.45) is 0 Å². The molecule has 0 radical (unpaired) electrons. The number of methoxy groups -OCH3 is 1. The minimum Gasteiger partial charge on any atom is -0.479 e. The van der Waals surface area contributed by atoms with E-state index in [2.05, 4.69) is 73.9 Å². The number of anilines is 6. The average molecular weight is 662 g/mol. The number of aryl methyl sites for hydroxylation is 1. The van der Waals surface area contributed by atoms with Gasteiger partial charge in [-0.25, -0.2) is 4.98 Å². The number of hydrogen-bond acceptors (Lipinski definition) is 13. The summed E-state index contributed by atoms with van der Waals surface area (Å²) >= 11 is 1.60. The number of aromatic nitrogens is 5. The third-order valence-corrected chi connectivity index (χ3v) is 10.1. The largest absolute Gasteiger partial charge is 0.479 e. The first kappa shape index (κ1) is 32.4. The van der Waals surface area contributed by atoms with Crippen molar-refractivity contribution < 1.29 is 4.74 Å². The molecule has 1 aromatic carbocycles. The molecule has 244 valence electrons. The van der Waals surface area contributed by atoms with Crippen LogP contribution in [0, 0.1) is 0 Å². The van der Waals surface area contributed by atoms with Crippen LogP contribution in [0.25, 0.3) is 11.0 Å². The number of pyridine rings is 1. The lowest BCUT2D eigenvalue weighted by atomic mass is 10.0. The van der Waals surface area contributed by atoms with Crippen LogP contribution in [0.5, 0.6) is 5.88 Å². The quantitative estimate of drug-likeness (QED) is 0.186. The maximum absolute atomic E-state index is 5.81. The van der Waals surface area contributed by atoms with Crippen molar-refractivity contribution in [3.05, 3.63) is 42.4 Å². The summed E-state index contributed by atoms with van der Waals surface area (Å²) < 4.78 is 7.88. The molecule has 12 nitrogen and oxygen atoms in total. The van der Waals surface area contributed by atoms with E-state index in [1.165, 1.54) is 5.56 Å². The second-order valence-corrected chi connectivity index (χ2v) is 13.3. The highest BCUT2D eigenvalue weighted by Gasteiger charge is 2.28. The zero-order valence-corrected chi connectivity index (χ0v) is 29.3. The topological polar surface area (TPSA) is 111 Å². The molecule has 4 aromatic rings. The highest BCUT2D eigenvalue weighted by molar-refractivity contribution is 7.99. The number of rotatable bonds is 10. The van der Waals surface area contributed by atoms with Gasteiger partial charge < -0.3 is 29.5 Å². The van der Waals surface area contributed by atoms with Gasteiger partial charge in [-0.15, -0.1) is 0 Å². The van der Waals surface area contributed by atoms with Gasteiger partial charge in [0.05, 0.1) is 24.0 Å². The van der Waals surface area contributed by atoms with Crippen molar-refractivity contribution in [3.8, 4) is 5.88 Å². The number of nitrogens with one attached hydrogen (secondary N) is 2. The van der Waals surface area contributed by atoms with Gasteiger partial charge in [-0.1, -0.05) is 28.1 Å². The molecule has 0 bridgehead atoms. The van der Waals surface area contributed by atoms with E-state index in [0.29, 0.717) is 23.7 Å². The highest BCUT2D eigenvalue weighted by Crippen LogP contribution is 2.37. The summed E-state index contributed by atoms with van der Waals surface area (Å²) in [4.78, 5) is 31.1. The molecule has 2 aliphatic heterocycles. The standard InChI is InChI=1S/C32H44N11OPS/c1-6-21-19-25(31(44-4)39-30(21)43-13-9-22(10-14-43)42-17-15-40(2)16-18-42)37-32-35-20-26(45)29(38-32)36-24-8-7-23-27(34-12-11-33-23)28(24)41(3)46-5/h7-8,11-12,19-20,22H,6,9-10,13-18,45H2,1-5H3,(H2,35,36,37,38). The van der Waals surface area contributed by atoms with Crippen LogP contribution in [0.1, 0.15) is 25.3 Å². The fourth-order valence-corrected chi connectivity index (χ4v) is 6.85. The third-order valence-electron chi connectivity index (χ3n) is 8.96. The molecule has 0 spiro atoms. The Bertz CT molecular complexity index is 1660. The minimum absolute atomic E-state index is 0.442. The Kier molecular flexibility index (Phi) is 10.2. The molecule has 2 fully saturated rings. The first-order valence-electron chi connectivity index (χ1n) is 15.8. The number of piperidine rings is 1. The van der Waals surface area contributed by atoms with Gasteiger partial charge in [0.1, 0.15) is 22.8 Å². The van der Waals surface area contributed by atoms with Gasteiger partial charge in [0.15, 0.2) is 0 Å². The molecular formula is C32H44N11OPS. The molecule has 1 unspecified atom stereocenters. The van der Waals surface area contributed by atoms with Gasteiger partial charge in [0.25, 0.3) is 0 Å². The first-order chi connectivity index (χ1) is 22.4. The van der Waals surface area contributed by atoms with Crippen LogP contribution >= 0.6 is 21.2 Å². The Hall–Kier alpha value is -3.51. The zero-order chi connectivity index (χ0) is 32.2. The Balaban J connectivity index is 1.22. The monoisotopic (exact) mass is 661 g/mol. The highest BCUT2D eigenvalue weighted by atomic mass is 32.2. The summed E-state index contributed by atoms with van der Waals surface area (Å²) in [5, 5.41) is 7.73. The van der Waals surface area contributed by atoms with Crippen molar-refractivity contribution in [1.82, 2.24) is 34.7 Å². The first-order valence-corrected chi connectivity index (χ1v) is 17.6. The maximum atomic E-state index is 5.81. The smallest absolute Gasteiger partial charge is 0.239 e. The van der Waals surface area contributed by atoms with Crippen LogP contribution in [-0.4, -0.2) is 107 Å². The van der Waals surface area contributed by atoms with Gasteiger partial charge >= 0.3 is 0 Å². The molecule has 14 heteroatoms. The molecule has 6 rings (SSSR count). The molecule has 5 heterocycles. The predicted molar refractivity (Wildman–Crippen MR) is 194 cm³/mol. The number of ether oxygens (including phenoxy) is 1. The maximum Gasteiger partial charge on any atom is 0.239 e. The van der Waals surface area contributed by atoms with E-state index in [0.717, 1.165) is 97.7 Å². The van der Waals surface area contributed by atoms with Gasteiger partial charge in [0, 0.05) is 82.5 Å².